The van der Waals surface area contributed by atoms with E-state index < -0.39 is 13.9 Å². The molecule has 0 aliphatic rings. The van der Waals surface area contributed by atoms with Gasteiger partial charge in [0.1, 0.15) is 5.60 Å². The van der Waals surface area contributed by atoms with Crippen LogP contribution in [0.3, 0.4) is 0 Å². The van der Waals surface area contributed by atoms with Crippen LogP contribution < -0.4 is 0 Å². The zero-order valence-electron chi connectivity index (χ0n) is 17.8. The Bertz CT molecular complexity index is 721. The van der Waals surface area contributed by atoms with Gasteiger partial charge in [0.05, 0.1) is 5.52 Å². The maximum absolute atomic E-state index is 11.9. The number of nitrogens with zero attached hydrogens (tertiary/aromatic N) is 1. The average Bonchev–Trinajstić information content (AvgIpc) is 2.89. The lowest BCUT2D eigenvalue weighted by molar-refractivity contribution is 0.0544. The van der Waals surface area contributed by atoms with Crippen molar-refractivity contribution in [2.45, 2.75) is 72.2 Å². The minimum absolute atomic E-state index is 0.339. The number of benzene rings is 1. The van der Waals surface area contributed by atoms with Gasteiger partial charge in [0.2, 0.25) is 0 Å². The Labute approximate surface area is 159 Å². The summed E-state index contributed by atoms with van der Waals surface area (Å²) in [5.41, 5.74) is 0.402. The third-order valence-electron chi connectivity index (χ3n) is 4.50. The molecule has 26 heavy (non-hydrogen) atoms. The van der Waals surface area contributed by atoms with Crippen LogP contribution >= 0.6 is 0 Å². The van der Waals surface area contributed by atoms with Crippen molar-refractivity contribution < 1.29 is 14.0 Å². The van der Waals surface area contributed by atoms with E-state index in [9.17, 15) is 4.79 Å². The molecule has 0 saturated carbocycles. The first-order valence-electron chi connectivity index (χ1n) is 9.22. The Kier molecular flexibility index (Phi) is 7.25. The van der Waals surface area contributed by atoms with Crippen LogP contribution in [0.25, 0.3) is 10.9 Å². The number of rotatable bonds is 2. The first-order chi connectivity index (χ1) is 11.8. The number of hydrogen-bond donors (Lipinski definition) is 0. The van der Waals surface area contributed by atoms with Gasteiger partial charge in [0.25, 0.3) is 0 Å². The zero-order valence-corrected chi connectivity index (χ0v) is 18.8. The third-order valence-corrected chi connectivity index (χ3v) is 9.12. The molecule has 0 radical (unpaired) electrons. The fourth-order valence-corrected chi connectivity index (χ4v) is 3.29. The van der Waals surface area contributed by atoms with E-state index in [4.69, 9.17) is 9.16 Å². The van der Waals surface area contributed by atoms with E-state index in [-0.39, 0.29) is 6.09 Å². The molecule has 0 spiro atoms. The molecular formula is C21H35NO3Si. The highest BCUT2D eigenvalue weighted by molar-refractivity contribution is 6.74. The Morgan fingerprint density at radius 3 is 2.08 bits per heavy atom. The van der Waals surface area contributed by atoms with E-state index in [1.165, 1.54) is 4.57 Å². The van der Waals surface area contributed by atoms with Gasteiger partial charge >= 0.3 is 6.09 Å². The first kappa shape index (κ1) is 22.4. The highest BCUT2D eigenvalue weighted by Crippen LogP contribution is 2.36. The average molecular weight is 378 g/mol. The minimum atomic E-state index is -1.40. The van der Waals surface area contributed by atoms with Gasteiger partial charge in [-0.2, -0.15) is 0 Å². The van der Waals surface area contributed by atoms with E-state index >= 15 is 0 Å². The largest absolute Gasteiger partial charge is 0.443 e. The normalized spacial score (nSPS) is 12.5. The second kappa shape index (κ2) is 8.40. The predicted octanol–water partition coefficient (Wildman–Crippen LogP) is 6.45. The van der Waals surface area contributed by atoms with Crippen molar-refractivity contribution in [2.75, 3.05) is 6.61 Å². The second-order valence-electron chi connectivity index (χ2n) is 8.92. The van der Waals surface area contributed by atoms with Crippen LogP contribution in [-0.4, -0.2) is 31.2 Å². The Balaban J connectivity index is 0.000000294. The third kappa shape index (κ3) is 6.29. The highest BCUT2D eigenvalue weighted by Gasteiger charge is 2.36. The van der Waals surface area contributed by atoms with Crippen LogP contribution in [0.5, 0.6) is 0 Å². The molecule has 2 rings (SSSR count). The number of fused-ring (bicyclic) bond motifs is 1. The van der Waals surface area contributed by atoms with Gasteiger partial charge in [-0.25, -0.2) is 4.79 Å². The molecule has 0 amide bonds. The summed E-state index contributed by atoms with van der Waals surface area (Å²) in [7, 11) is -1.40. The molecule has 1 heterocycles. The molecular weight excluding hydrogens is 342 g/mol. The topological polar surface area (TPSA) is 40.5 Å². The summed E-state index contributed by atoms with van der Waals surface area (Å²) < 4.78 is 12.6. The predicted molar refractivity (Wildman–Crippen MR) is 112 cm³/mol. The smallest absolute Gasteiger partial charge is 0.418 e. The molecule has 4 nitrogen and oxygen atoms in total. The van der Waals surface area contributed by atoms with Crippen molar-refractivity contribution in [3.05, 3.63) is 36.5 Å². The van der Waals surface area contributed by atoms with Crippen molar-refractivity contribution >= 4 is 25.3 Å². The standard InChI is InChI=1S/C13H15NO2.C8H20OSi/c1-13(2,3)16-12(15)14-9-8-10-6-4-5-7-11(10)14;1-7-9-10(5,6)8(2,3)4/h4-9H,1-3H3;7H2,1-6H3. The quantitative estimate of drug-likeness (QED) is 0.564. The van der Waals surface area contributed by atoms with Gasteiger partial charge in [-0.3, -0.25) is 4.57 Å². The van der Waals surface area contributed by atoms with E-state index in [1.807, 2.05) is 51.1 Å². The fraction of sp³-hybridized carbons (Fsp3) is 0.571. The van der Waals surface area contributed by atoms with Gasteiger partial charge in [0.15, 0.2) is 8.32 Å². The van der Waals surface area contributed by atoms with Crippen LogP contribution in [0.1, 0.15) is 48.5 Å². The van der Waals surface area contributed by atoms with E-state index in [2.05, 4.69) is 40.8 Å². The molecule has 146 valence electrons. The molecule has 1 aromatic heterocycles. The molecule has 5 heteroatoms. The van der Waals surface area contributed by atoms with Crippen LogP contribution in [-0.2, 0) is 9.16 Å². The van der Waals surface area contributed by atoms with Gasteiger partial charge < -0.3 is 9.16 Å². The summed E-state index contributed by atoms with van der Waals surface area (Å²) in [5, 5.41) is 1.40. The summed E-state index contributed by atoms with van der Waals surface area (Å²) in [4.78, 5) is 11.9. The van der Waals surface area contributed by atoms with Crippen LogP contribution in [0.15, 0.2) is 36.5 Å². The first-order valence-corrected chi connectivity index (χ1v) is 12.1. The summed E-state index contributed by atoms with van der Waals surface area (Å²) in [5.74, 6) is 0. The molecule has 0 fully saturated rings. The van der Waals surface area contributed by atoms with Crippen LogP contribution in [0.2, 0.25) is 18.1 Å². The lowest BCUT2D eigenvalue weighted by Crippen LogP contribution is -2.40. The Hall–Kier alpha value is -1.59. The molecule has 1 aromatic carbocycles. The lowest BCUT2D eigenvalue weighted by Gasteiger charge is -2.35. The number of carbonyl (C=O) groups excluding carboxylic acids is 1. The number of hydrogen-bond acceptors (Lipinski definition) is 3. The zero-order chi connectivity index (χ0) is 20.2. The SMILES string of the molecule is CC(C)(C)OC(=O)n1ccc2ccccc21.CCO[Si](C)(C)C(C)(C)C. The van der Waals surface area contributed by atoms with Gasteiger partial charge in [-0.05, 0) is 58.0 Å². The van der Waals surface area contributed by atoms with E-state index in [1.54, 1.807) is 6.20 Å². The highest BCUT2D eigenvalue weighted by atomic mass is 28.4. The fourth-order valence-electron chi connectivity index (χ4n) is 2.13. The summed E-state index contributed by atoms with van der Waals surface area (Å²) >= 11 is 0. The Morgan fingerprint density at radius 2 is 1.62 bits per heavy atom. The van der Waals surface area contributed by atoms with Crippen molar-refractivity contribution in [3.63, 3.8) is 0 Å². The molecule has 0 unspecified atom stereocenters. The van der Waals surface area contributed by atoms with Crippen molar-refractivity contribution in [2.24, 2.45) is 0 Å². The minimum Gasteiger partial charge on any atom is -0.443 e. The summed E-state index contributed by atoms with van der Waals surface area (Å²) in [6.45, 7) is 19.8. The van der Waals surface area contributed by atoms with E-state index in [0.29, 0.717) is 5.04 Å². The number of ether oxygens (including phenoxy) is 1. The molecule has 0 atom stereocenters. The molecule has 0 bridgehead atoms. The molecule has 0 N–H and O–H groups in total. The van der Waals surface area contributed by atoms with Gasteiger partial charge in [-0.1, -0.05) is 39.0 Å². The Morgan fingerprint density at radius 1 is 1.04 bits per heavy atom. The van der Waals surface area contributed by atoms with Crippen molar-refractivity contribution in [1.82, 2.24) is 4.57 Å². The molecule has 0 aliphatic carbocycles. The molecule has 0 saturated heterocycles. The van der Waals surface area contributed by atoms with Crippen LogP contribution in [0.4, 0.5) is 4.79 Å². The molecule has 2 aromatic rings. The van der Waals surface area contributed by atoms with Gasteiger partial charge in [-0.15, -0.1) is 0 Å². The maximum atomic E-state index is 11.9. The summed E-state index contributed by atoms with van der Waals surface area (Å²) in [6.07, 6.45) is 1.40. The summed E-state index contributed by atoms with van der Waals surface area (Å²) in [6, 6.07) is 9.62. The maximum Gasteiger partial charge on any atom is 0.418 e. The monoisotopic (exact) mass is 377 g/mol. The number of carbonyl (C=O) groups is 1. The van der Waals surface area contributed by atoms with Gasteiger partial charge in [0, 0.05) is 18.2 Å². The van der Waals surface area contributed by atoms with Crippen molar-refractivity contribution in [1.29, 1.82) is 0 Å². The number of aromatic nitrogens is 1. The van der Waals surface area contributed by atoms with E-state index in [0.717, 1.165) is 17.5 Å². The van der Waals surface area contributed by atoms with Crippen molar-refractivity contribution in [3.8, 4) is 0 Å². The lowest BCUT2D eigenvalue weighted by atomic mass is 10.2. The van der Waals surface area contributed by atoms with Crippen LogP contribution in [0, 0.1) is 0 Å². The number of para-hydroxylation sites is 1. The molecule has 0 aliphatic heterocycles. The second-order valence-corrected chi connectivity index (χ2v) is 13.7.